The van der Waals surface area contributed by atoms with Crippen LogP contribution in [0.1, 0.15) is 11.3 Å². The van der Waals surface area contributed by atoms with Gasteiger partial charge in [-0.1, -0.05) is 54.1 Å². The van der Waals surface area contributed by atoms with Crippen molar-refractivity contribution < 1.29 is 4.74 Å². The summed E-state index contributed by atoms with van der Waals surface area (Å²) < 4.78 is 6.95. The van der Waals surface area contributed by atoms with Gasteiger partial charge in [0, 0.05) is 43.2 Å². The fourth-order valence-electron chi connectivity index (χ4n) is 3.37. The first-order valence-electron chi connectivity index (χ1n) is 9.65. The van der Waals surface area contributed by atoms with Gasteiger partial charge in [-0.05, 0) is 23.3 Å². The van der Waals surface area contributed by atoms with Crippen LogP contribution in [0, 0.1) is 0 Å². The topological polar surface area (TPSA) is 46.8 Å². The highest BCUT2D eigenvalue weighted by atomic mass is 35.5. The number of thiazole rings is 1. The molecule has 0 fully saturated rings. The number of benzene rings is 2. The number of ether oxygens (including phenoxy) is 1. The average molecular weight is 440 g/mol. The van der Waals surface area contributed by atoms with E-state index in [1.54, 1.807) is 17.6 Å². The fourth-order valence-corrected chi connectivity index (χ4v) is 4.42. The number of fused-ring (bicyclic) bond motifs is 1. The highest BCUT2D eigenvalue weighted by Gasteiger charge is 2.13. The van der Waals surface area contributed by atoms with Crippen molar-refractivity contribution in [2.75, 3.05) is 20.3 Å². The fraction of sp³-hybridized carbons (Fsp3) is 0.217. The van der Waals surface area contributed by atoms with Gasteiger partial charge >= 0.3 is 0 Å². The minimum Gasteiger partial charge on any atom is -0.383 e. The third-order valence-corrected chi connectivity index (χ3v) is 5.92. The van der Waals surface area contributed by atoms with Crippen LogP contribution in [0.25, 0.3) is 16.2 Å². The molecule has 0 atom stereocenters. The molecule has 0 amide bonds. The molecule has 7 heteroatoms. The van der Waals surface area contributed by atoms with Crippen molar-refractivity contribution in [1.82, 2.24) is 14.3 Å². The lowest BCUT2D eigenvalue weighted by Crippen LogP contribution is -2.28. The predicted octanol–water partition coefficient (Wildman–Crippen LogP) is 4.73. The van der Waals surface area contributed by atoms with Crippen molar-refractivity contribution in [2.45, 2.75) is 13.1 Å². The first kappa shape index (κ1) is 20.8. The van der Waals surface area contributed by atoms with Gasteiger partial charge in [-0.15, -0.1) is 11.3 Å². The maximum Gasteiger partial charge on any atom is 0.259 e. The molecule has 2 aromatic carbocycles. The zero-order chi connectivity index (χ0) is 20.9. The van der Waals surface area contributed by atoms with Crippen molar-refractivity contribution in [2.24, 2.45) is 0 Å². The van der Waals surface area contributed by atoms with Gasteiger partial charge in [0.15, 0.2) is 4.96 Å². The third-order valence-electron chi connectivity index (χ3n) is 4.84. The number of methoxy groups -OCH3 is 1. The van der Waals surface area contributed by atoms with Crippen molar-refractivity contribution in [3.63, 3.8) is 0 Å². The minimum atomic E-state index is -0.0618. The number of aromatic nitrogens is 2. The summed E-state index contributed by atoms with van der Waals surface area (Å²) in [5.74, 6) is 0. The minimum absolute atomic E-state index is 0.0618. The number of rotatable bonds is 8. The summed E-state index contributed by atoms with van der Waals surface area (Å²) in [6, 6.07) is 19.3. The Labute approximate surface area is 184 Å². The van der Waals surface area contributed by atoms with Gasteiger partial charge in [0.25, 0.3) is 5.56 Å². The van der Waals surface area contributed by atoms with Gasteiger partial charge in [0.05, 0.1) is 18.0 Å². The molecule has 0 saturated carbocycles. The smallest absolute Gasteiger partial charge is 0.259 e. The summed E-state index contributed by atoms with van der Waals surface area (Å²) in [6.07, 6.45) is 0. The largest absolute Gasteiger partial charge is 0.383 e. The number of hydrogen-bond donors (Lipinski definition) is 0. The summed E-state index contributed by atoms with van der Waals surface area (Å²) in [4.78, 5) is 20.6. The highest BCUT2D eigenvalue weighted by Crippen LogP contribution is 2.24. The Morgan fingerprint density at radius 2 is 1.87 bits per heavy atom. The second-order valence-electron chi connectivity index (χ2n) is 7.02. The monoisotopic (exact) mass is 439 g/mol. The van der Waals surface area contributed by atoms with E-state index in [1.807, 2.05) is 60.0 Å². The molecule has 0 spiro atoms. The molecule has 0 N–H and O–H groups in total. The molecule has 0 aliphatic carbocycles. The van der Waals surface area contributed by atoms with Gasteiger partial charge in [0.2, 0.25) is 0 Å². The quantitative estimate of drug-likeness (QED) is 0.398. The lowest BCUT2D eigenvalue weighted by molar-refractivity contribution is 0.139. The number of nitrogens with zero attached hydrogens (tertiary/aromatic N) is 3. The third kappa shape index (κ3) is 4.79. The van der Waals surface area contributed by atoms with Crippen LogP contribution >= 0.6 is 22.9 Å². The Bertz CT molecular complexity index is 1170. The molecule has 4 rings (SSSR count). The maximum atomic E-state index is 12.9. The van der Waals surface area contributed by atoms with E-state index >= 15 is 0 Å². The standard InChI is InChI=1S/C23H22ClN3O2S/c1-29-12-11-26(14-17-7-9-19(24)10-8-17)15-20-13-22(28)27-21(16-30-23(27)25-20)18-5-3-2-4-6-18/h2-10,13,16H,11-12,14-15H2,1H3. The van der Waals surface area contributed by atoms with Crippen LogP contribution < -0.4 is 5.56 Å². The normalized spacial score (nSPS) is 11.4. The van der Waals surface area contributed by atoms with Crippen molar-refractivity contribution in [3.8, 4) is 11.3 Å². The molecule has 0 aliphatic heterocycles. The predicted molar refractivity (Wildman–Crippen MR) is 122 cm³/mol. The molecule has 0 bridgehead atoms. The van der Waals surface area contributed by atoms with E-state index in [2.05, 4.69) is 4.90 Å². The van der Waals surface area contributed by atoms with Gasteiger partial charge in [-0.3, -0.25) is 14.1 Å². The van der Waals surface area contributed by atoms with Crippen LogP contribution in [0.2, 0.25) is 5.02 Å². The Morgan fingerprint density at radius 3 is 2.60 bits per heavy atom. The van der Waals surface area contributed by atoms with E-state index < -0.39 is 0 Å². The highest BCUT2D eigenvalue weighted by molar-refractivity contribution is 7.15. The van der Waals surface area contributed by atoms with Gasteiger partial charge in [-0.2, -0.15) is 0 Å². The van der Waals surface area contributed by atoms with Gasteiger partial charge < -0.3 is 4.74 Å². The summed E-state index contributed by atoms with van der Waals surface area (Å²) in [5.41, 5.74) is 3.72. The molecule has 5 nitrogen and oxygen atoms in total. The molecular weight excluding hydrogens is 418 g/mol. The van der Waals surface area contributed by atoms with Crippen LogP contribution in [0.4, 0.5) is 0 Å². The second-order valence-corrected chi connectivity index (χ2v) is 8.29. The zero-order valence-electron chi connectivity index (χ0n) is 16.6. The summed E-state index contributed by atoms with van der Waals surface area (Å²) in [7, 11) is 1.69. The van der Waals surface area contributed by atoms with E-state index in [4.69, 9.17) is 21.3 Å². The Hall–Kier alpha value is -2.51. The molecule has 154 valence electrons. The SMILES string of the molecule is COCCN(Cc1ccc(Cl)cc1)Cc1cc(=O)n2c(-c3ccccc3)csc2n1. The zero-order valence-corrected chi connectivity index (χ0v) is 18.2. The molecule has 0 aliphatic rings. The molecular formula is C23H22ClN3O2S. The van der Waals surface area contributed by atoms with Crippen LogP contribution in [-0.2, 0) is 17.8 Å². The molecule has 0 saturated heterocycles. The Kier molecular flexibility index (Phi) is 6.59. The summed E-state index contributed by atoms with van der Waals surface area (Å²) in [5, 5.41) is 2.70. The maximum absolute atomic E-state index is 12.9. The number of halogens is 1. The van der Waals surface area contributed by atoms with Crippen LogP contribution in [0.15, 0.2) is 70.8 Å². The first-order valence-corrected chi connectivity index (χ1v) is 10.9. The Balaban J connectivity index is 1.60. The van der Waals surface area contributed by atoms with Crippen LogP contribution in [0.3, 0.4) is 0 Å². The van der Waals surface area contributed by atoms with E-state index in [1.165, 1.54) is 11.3 Å². The van der Waals surface area contributed by atoms with Crippen molar-refractivity contribution in [3.05, 3.63) is 92.7 Å². The lowest BCUT2D eigenvalue weighted by Gasteiger charge is -2.21. The molecule has 0 unspecified atom stereocenters. The van der Waals surface area contributed by atoms with Gasteiger partial charge in [-0.25, -0.2) is 4.98 Å². The van der Waals surface area contributed by atoms with Crippen LogP contribution in [0.5, 0.6) is 0 Å². The first-order chi connectivity index (χ1) is 14.6. The number of hydrogen-bond acceptors (Lipinski definition) is 5. The van der Waals surface area contributed by atoms with Crippen molar-refractivity contribution in [1.29, 1.82) is 0 Å². The average Bonchev–Trinajstić information content (AvgIpc) is 3.19. The van der Waals surface area contributed by atoms with E-state index in [0.29, 0.717) is 23.1 Å². The molecule has 2 heterocycles. The van der Waals surface area contributed by atoms with Crippen molar-refractivity contribution >= 4 is 27.9 Å². The molecule has 0 radical (unpaired) electrons. The molecule has 4 aromatic rings. The second kappa shape index (κ2) is 9.53. The van der Waals surface area contributed by atoms with Crippen LogP contribution in [-0.4, -0.2) is 34.5 Å². The van der Waals surface area contributed by atoms with E-state index in [0.717, 1.165) is 35.6 Å². The van der Waals surface area contributed by atoms with E-state index in [9.17, 15) is 4.79 Å². The summed E-state index contributed by atoms with van der Waals surface area (Å²) >= 11 is 7.48. The summed E-state index contributed by atoms with van der Waals surface area (Å²) in [6.45, 7) is 2.63. The molecule has 30 heavy (non-hydrogen) atoms. The lowest BCUT2D eigenvalue weighted by atomic mass is 10.2. The molecule has 2 aromatic heterocycles. The Morgan fingerprint density at radius 1 is 1.10 bits per heavy atom. The van der Waals surface area contributed by atoms with E-state index in [-0.39, 0.29) is 5.56 Å². The van der Waals surface area contributed by atoms with Gasteiger partial charge in [0.1, 0.15) is 0 Å².